The van der Waals surface area contributed by atoms with Gasteiger partial charge in [-0.05, 0) is 31.2 Å². The molecule has 1 aliphatic heterocycles. The second-order valence-corrected chi connectivity index (χ2v) is 7.69. The molecule has 0 aromatic heterocycles. The van der Waals surface area contributed by atoms with Crippen LogP contribution in [-0.4, -0.2) is 25.3 Å². The van der Waals surface area contributed by atoms with Gasteiger partial charge in [0, 0.05) is 17.4 Å². The van der Waals surface area contributed by atoms with Crippen molar-refractivity contribution in [2.24, 2.45) is 5.41 Å². The van der Waals surface area contributed by atoms with Gasteiger partial charge in [0.15, 0.2) is 12.1 Å². The minimum absolute atomic E-state index is 0.102. The van der Waals surface area contributed by atoms with Crippen LogP contribution in [0.25, 0.3) is 0 Å². The number of benzene rings is 1. The number of carbonyl (C=O) groups excluding carboxylic acids is 1. The summed E-state index contributed by atoms with van der Waals surface area (Å²) in [6.45, 7) is 7.94. The lowest BCUT2D eigenvalue weighted by Crippen LogP contribution is -2.37. The summed E-state index contributed by atoms with van der Waals surface area (Å²) in [4.78, 5) is 12.3. The van der Waals surface area contributed by atoms with Crippen LogP contribution in [0.1, 0.15) is 75.2 Å². The van der Waals surface area contributed by atoms with E-state index in [1.807, 2.05) is 12.1 Å². The third-order valence-corrected chi connectivity index (χ3v) is 4.51. The number of unbranched alkanes of at least 4 members (excludes halogenated alkanes) is 2. The highest BCUT2D eigenvalue weighted by molar-refractivity contribution is 5.96. The van der Waals surface area contributed by atoms with Crippen LogP contribution < -0.4 is 0 Å². The lowest BCUT2D eigenvalue weighted by atomic mass is 9.95. The molecule has 1 saturated heterocycles. The summed E-state index contributed by atoms with van der Waals surface area (Å²) in [5.74, 6) is 0.214. The largest absolute Gasteiger partial charge is 0.352 e. The number of rotatable bonds is 9. The zero-order valence-corrected chi connectivity index (χ0v) is 15.5. The van der Waals surface area contributed by atoms with E-state index in [2.05, 4.69) is 32.9 Å². The van der Waals surface area contributed by atoms with Gasteiger partial charge in [-0.2, -0.15) is 0 Å². The molecule has 0 saturated carbocycles. The van der Waals surface area contributed by atoms with E-state index < -0.39 is 0 Å². The van der Waals surface area contributed by atoms with Crippen LogP contribution in [0.3, 0.4) is 0 Å². The third kappa shape index (κ3) is 6.37. The van der Waals surface area contributed by atoms with Crippen LogP contribution in [0, 0.1) is 5.41 Å². The number of ketones is 1. The Kier molecular flexibility index (Phi) is 7.44. The topological polar surface area (TPSA) is 35.5 Å². The molecule has 0 atom stereocenters. The molecule has 2 rings (SSSR count). The summed E-state index contributed by atoms with van der Waals surface area (Å²) in [6.07, 6.45) is 6.84. The van der Waals surface area contributed by atoms with Crippen molar-refractivity contribution >= 4 is 5.78 Å². The predicted octanol–water partition coefficient (Wildman–Crippen LogP) is 5.17. The fourth-order valence-corrected chi connectivity index (χ4v) is 2.90. The van der Waals surface area contributed by atoms with Crippen molar-refractivity contribution in [3.63, 3.8) is 0 Å². The van der Waals surface area contributed by atoms with Gasteiger partial charge in [-0.3, -0.25) is 4.79 Å². The van der Waals surface area contributed by atoms with Crippen LogP contribution in [0.2, 0.25) is 0 Å². The summed E-state index contributed by atoms with van der Waals surface area (Å²) < 4.78 is 11.4. The molecule has 0 radical (unpaired) electrons. The number of Topliss-reactive ketones (excluding diaryl/α,β-unsaturated/α-hetero) is 1. The monoisotopic (exact) mass is 332 g/mol. The molecule has 1 fully saturated rings. The van der Waals surface area contributed by atoms with E-state index in [4.69, 9.17) is 9.47 Å². The van der Waals surface area contributed by atoms with E-state index in [1.165, 1.54) is 24.8 Å². The number of ether oxygens (including phenoxy) is 2. The molecule has 0 aliphatic carbocycles. The summed E-state index contributed by atoms with van der Waals surface area (Å²) in [5, 5.41) is 0. The molecule has 24 heavy (non-hydrogen) atoms. The Hall–Kier alpha value is -1.19. The number of hydrogen-bond acceptors (Lipinski definition) is 3. The van der Waals surface area contributed by atoms with Gasteiger partial charge in [-0.15, -0.1) is 0 Å². The third-order valence-electron chi connectivity index (χ3n) is 4.51. The Morgan fingerprint density at radius 2 is 1.75 bits per heavy atom. The van der Waals surface area contributed by atoms with Gasteiger partial charge in [0.2, 0.25) is 0 Å². The van der Waals surface area contributed by atoms with Gasteiger partial charge in [0.25, 0.3) is 0 Å². The van der Waals surface area contributed by atoms with Crippen molar-refractivity contribution in [2.75, 3.05) is 13.2 Å². The molecule has 134 valence electrons. The average Bonchev–Trinajstić information content (AvgIpc) is 2.57. The maximum absolute atomic E-state index is 12.3. The predicted molar refractivity (Wildman–Crippen MR) is 97.3 cm³/mol. The molecular formula is C21H32O3. The van der Waals surface area contributed by atoms with E-state index in [9.17, 15) is 4.79 Å². The molecule has 1 aromatic rings. The van der Waals surface area contributed by atoms with Gasteiger partial charge >= 0.3 is 0 Å². The average molecular weight is 332 g/mol. The van der Waals surface area contributed by atoms with Crippen LogP contribution in [0.15, 0.2) is 24.3 Å². The Labute approximate surface area is 146 Å². The maximum atomic E-state index is 12.3. The van der Waals surface area contributed by atoms with Crippen LogP contribution >= 0.6 is 0 Å². The standard InChI is InChI=1S/C21H32O3/c1-4-5-6-8-17-11-13-18(14-12-17)19(22)9-7-10-20-23-15-21(2,3)16-24-20/h11-14,20H,4-10,15-16H2,1-3H3. The van der Waals surface area contributed by atoms with E-state index in [0.717, 1.165) is 38.0 Å². The first-order chi connectivity index (χ1) is 11.5. The van der Waals surface area contributed by atoms with Crippen LogP contribution in [0.4, 0.5) is 0 Å². The molecule has 3 heteroatoms. The Morgan fingerprint density at radius 1 is 1.08 bits per heavy atom. The summed E-state index contributed by atoms with van der Waals surface area (Å²) in [6, 6.07) is 8.14. The van der Waals surface area contributed by atoms with Gasteiger partial charge < -0.3 is 9.47 Å². The molecule has 1 heterocycles. The maximum Gasteiger partial charge on any atom is 0.162 e. The highest BCUT2D eigenvalue weighted by atomic mass is 16.7. The van der Waals surface area contributed by atoms with E-state index in [-0.39, 0.29) is 17.5 Å². The number of aryl methyl sites for hydroxylation is 1. The Balaban J connectivity index is 1.69. The first-order valence-electron chi connectivity index (χ1n) is 9.35. The number of hydrogen-bond donors (Lipinski definition) is 0. The Bertz CT molecular complexity index is 494. The highest BCUT2D eigenvalue weighted by Gasteiger charge is 2.27. The normalized spacial score (nSPS) is 17.8. The second-order valence-electron chi connectivity index (χ2n) is 7.69. The Morgan fingerprint density at radius 3 is 2.38 bits per heavy atom. The van der Waals surface area contributed by atoms with Gasteiger partial charge in [0.05, 0.1) is 13.2 Å². The fraction of sp³-hybridized carbons (Fsp3) is 0.667. The van der Waals surface area contributed by atoms with Crippen molar-refractivity contribution in [3.05, 3.63) is 35.4 Å². The van der Waals surface area contributed by atoms with E-state index in [0.29, 0.717) is 6.42 Å². The van der Waals surface area contributed by atoms with Crippen molar-refractivity contribution in [2.45, 2.75) is 72.0 Å². The fourth-order valence-electron chi connectivity index (χ4n) is 2.90. The molecule has 3 nitrogen and oxygen atoms in total. The van der Waals surface area contributed by atoms with E-state index >= 15 is 0 Å². The molecule has 0 N–H and O–H groups in total. The van der Waals surface area contributed by atoms with Crippen molar-refractivity contribution in [3.8, 4) is 0 Å². The molecule has 0 unspecified atom stereocenters. The van der Waals surface area contributed by atoms with Gasteiger partial charge in [-0.25, -0.2) is 0 Å². The highest BCUT2D eigenvalue weighted by Crippen LogP contribution is 2.25. The lowest BCUT2D eigenvalue weighted by molar-refractivity contribution is -0.223. The SMILES string of the molecule is CCCCCc1ccc(C(=O)CCCC2OCC(C)(C)CO2)cc1. The summed E-state index contributed by atoms with van der Waals surface area (Å²) >= 11 is 0. The van der Waals surface area contributed by atoms with Crippen molar-refractivity contribution in [1.29, 1.82) is 0 Å². The zero-order chi connectivity index (χ0) is 17.4. The summed E-state index contributed by atoms with van der Waals surface area (Å²) in [5.41, 5.74) is 2.25. The first-order valence-corrected chi connectivity index (χ1v) is 9.35. The molecule has 0 amide bonds. The molecule has 1 aliphatic rings. The second kappa shape index (κ2) is 9.33. The van der Waals surface area contributed by atoms with Crippen LogP contribution in [0.5, 0.6) is 0 Å². The van der Waals surface area contributed by atoms with Crippen molar-refractivity contribution < 1.29 is 14.3 Å². The van der Waals surface area contributed by atoms with Gasteiger partial charge in [-0.1, -0.05) is 57.9 Å². The van der Waals surface area contributed by atoms with E-state index in [1.54, 1.807) is 0 Å². The minimum atomic E-state index is -0.147. The zero-order valence-electron chi connectivity index (χ0n) is 15.5. The molecule has 1 aromatic carbocycles. The quantitative estimate of drug-likeness (QED) is 0.462. The van der Waals surface area contributed by atoms with Crippen molar-refractivity contribution in [1.82, 2.24) is 0 Å². The minimum Gasteiger partial charge on any atom is -0.352 e. The van der Waals surface area contributed by atoms with Gasteiger partial charge in [0.1, 0.15) is 0 Å². The lowest BCUT2D eigenvalue weighted by Gasteiger charge is -2.34. The smallest absolute Gasteiger partial charge is 0.162 e. The van der Waals surface area contributed by atoms with Crippen LogP contribution in [-0.2, 0) is 15.9 Å². The molecule has 0 spiro atoms. The first kappa shape index (κ1) is 19.1. The number of carbonyl (C=O) groups is 1. The molecular weight excluding hydrogens is 300 g/mol. The summed E-state index contributed by atoms with van der Waals surface area (Å²) in [7, 11) is 0. The molecule has 0 bridgehead atoms.